The van der Waals surface area contributed by atoms with Gasteiger partial charge in [-0.05, 0) is 30.5 Å². The number of amides is 2. The number of rotatable bonds is 6. The number of carbonyl (C=O) groups excluding carboxylic acids is 2. The second-order valence-corrected chi connectivity index (χ2v) is 5.80. The van der Waals surface area contributed by atoms with Gasteiger partial charge in [0, 0.05) is 12.5 Å². The molecule has 122 valence electrons. The average molecular weight is 323 g/mol. The smallest absolute Gasteiger partial charge is 0.303 e. The number of carbonyl (C=O) groups is 3. The van der Waals surface area contributed by atoms with Gasteiger partial charge in [0.1, 0.15) is 0 Å². The van der Waals surface area contributed by atoms with Crippen LogP contribution in [0.1, 0.15) is 39.1 Å². The van der Waals surface area contributed by atoms with E-state index in [4.69, 9.17) is 5.11 Å². The first-order valence-corrected chi connectivity index (χ1v) is 7.80. The van der Waals surface area contributed by atoms with E-state index < -0.39 is 12.0 Å². The quantitative estimate of drug-likeness (QED) is 0.830. The Morgan fingerprint density at radius 2 is 1.46 bits per heavy atom. The largest absolute Gasteiger partial charge is 0.481 e. The van der Waals surface area contributed by atoms with Gasteiger partial charge in [-0.3, -0.25) is 19.3 Å². The van der Waals surface area contributed by atoms with E-state index in [0.717, 1.165) is 5.56 Å². The molecule has 2 amide bonds. The molecule has 0 aromatic heterocycles. The number of aliphatic carboxylic acids is 1. The van der Waals surface area contributed by atoms with Crippen LogP contribution in [0.25, 0.3) is 0 Å². The molecular weight excluding hydrogens is 306 g/mol. The third-order valence-electron chi connectivity index (χ3n) is 4.20. The van der Waals surface area contributed by atoms with Crippen LogP contribution in [0.3, 0.4) is 0 Å². The van der Waals surface area contributed by atoms with Crippen molar-refractivity contribution in [2.24, 2.45) is 0 Å². The zero-order valence-electron chi connectivity index (χ0n) is 13.0. The van der Waals surface area contributed by atoms with Gasteiger partial charge >= 0.3 is 5.97 Å². The molecule has 3 rings (SSSR count). The highest BCUT2D eigenvalue weighted by Gasteiger charge is 2.39. The standard InChI is InChI=1S/C19H17NO4/c21-17(22)11-10-14(12-13-6-2-1-3-7-13)20-18(23)15-8-4-5-9-16(15)19(20)24/h1-9,14H,10-12H2,(H,21,22). The van der Waals surface area contributed by atoms with E-state index in [0.29, 0.717) is 17.5 Å². The second-order valence-electron chi connectivity index (χ2n) is 5.80. The van der Waals surface area contributed by atoms with Gasteiger partial charge < -0.3 is 5.11 Å². The average Bonchev–Trinajstić information content (AvgIpc) is 2.84. The Bertz CT molecular complexity index is 750. The van der Waals surface area contributed by atoms with E-state index in [9.17, 15) is 14.4 Å². The summed E-state index contributed by atoms with van der Waals surface area (Å²) in [6.45, 7) is 0. The number of carboxylic acid groups (broad SMARTS) is 1. The van der Waals surface area contributed by atoms with Gasteiger partial charge in [0.05, 0.1) is 11.1 Å². The molecule has 0 spiro atoms. The zero-order chi connectivity index (χ0) is 17.1. The van der Waals surface area contributed by atoms with Gasteiger partial charge in [-0.2, -0.15) is 0 Å². The summed E-state index contributed by atoms with van der Waals surface area (Å²) in [6.07, 6.45) is 0.584. The lowest BCUT2D eigenvalue weighted by Gasteiger charge is -2.26. The molecule has 24 heavy (non-hydrogen) atoms. The van der Waals surface area contributed by atoms with Gasteiger partial charge in [0.15, 0.2) is 0 Å². The predicted octanol–water partition coefficient (Wildman–Crippen LogP) is 2.76. The van der Waals surface area contributed by atoms with Crippen LogP contribution in [-0.2, 0) is 11.2 Å². The fourth-order valence-corrected chi connectivity index (χ4v) is 3.04. The predicted molar refractivity (Wildman–Crippen MR) is 87.7 cm³/mol. The van der Waals surface area contributed by atoms with Gasteiger partial charge in [-0.25, -0.2) is 0 Å². The number of fused-ring (bicyclic) bond motifs is 1. The maximum absolute atomic E-state index is 12.6. The first-order chi connectivity index (χ1) is 11.6. The second kappa shape index (κ2) is 6.66. The molecule has 0 fully saturated rings. The van der Waals surface area contributed by atoms with E-state index in [-0.39, 0.29) is 24.7 Å². The molecule has 5 heteroatoms. The van der Waals surface area contributed by atoms with Gasteiger partial charge in [0.25, 0.3) is 11.8 Å². The summed E-state index contributed by atoms with van der Waals surface area (Å²) < 4.78 is 0. The van der Waals surface area contributed by atoms with Crippen LogP contribution in [0.15, 0.2) is 54.6 Å². The summed E-state index contributed by atoms with van der Waals surface area (Å²) in [5.41, 5.74) is 1.73. The minimum atomic E-state index is -0.940. The Balaban J connectivity index is 1.89. The fraction of sp³-hybridized carbons (Fsp3) is 0.211. The van der Waals surface area contributed by atoms with E-state index in [1.807, 2.05) is 30.3 Å². The highest BCUT2D eigenvalue weighted by Crippen LogP contribution is 2.27. The Labute approximate surface area is 139 Å². The van der Waals surface area contributed by atoms with Crippen LogP contribution in [0.4, 0.5) is 0 Å². The maximum atomic E-state index is 12.6. The Morgan fingerprint density at radius 3 is 2.00 bits per heavy atom. The van der Waals surface area contributed by atoms with Gasteiger partial charge in [0.2, 0.25) is 0 Å². The number of benzene rings is 2. The molecular formula is C19H17NO4. The number of imide groups is 1. The summed E-state index contributed by atoms with van der Waals surface area (Å²) in [4.78, 5) is 37.5. The van der Waals surface area contributed by atoms with Crippen molar-refractivity contribution in [3.63, 3.8) is 0 Å². The lowest BCUT2D eigenvalue weighted by molar-refractivity contribution is -0.137. The van der Waals surface area contributed by atoms with Crippen LogP contribution < -0.4 is 0 Å². The van der Waals surface area contributed by atoms with Crippen molar-refractivity contribution in [1.29, 1.82) is 0 Å². The van der Waals surface area contributed by atoms with E-state index in [2.05, 4.69) is 0 Å². The molecule has 1 N–H and O–H groups in total. The number of hydrogen-bond donors (Lipinski definition) is 1. The highest BCUT2D eigenvalue weighted by atomic mass is 16.4. The van der Waals surface area contributed by atoms with E-state index in [1.165, 1.54) is 4.90 Å². The summed E-state index contributed by atoms with van der Waals surface area (Å²) in [7, 11) is 0. The maximum Gasteiger partial charge on any atom is 0.303 e. The molecule has 5 nitrogen and oxygen atoms in total. The molecule has 0 aliphatic carbocycles. The van der Waals surface area contributed by atoms with Crippen molar-refractivity contribution in [3.8, 4) is 0 Å². The molecule has 0 saturated carbocycles. The summed E-state index contributed by atoms with van der Waals surface area (Å²) in [6, 6.07) is 15.7. The highest BCUT2D eigenvalue weighted by molar-refractivity contribution is 6.21. The minimum Gasteiger partial charge on any atom is -0.481 e. The van der Waals surface area contributed by atoms with Crippen molar-refractivity contribution >= 4 is 17.8 Å². The molecule has 1 unspecified atom stereocenters. The molecule has 2 aromatic rings. The molecule has 1 aliphatic rings. The summed E-state index contributed by atoms with van der Waals surface area (Å²) in [5, 5.41) is 8.99. The summed E-state index contributed by atoms with van der Waals surface area (Å²) >= 11 is 0. The monoisotopic (exact) mass is 323 g/mol. The third-order valence-corrected chi connectivity index (χ3v) is 4.20. The molecule has 0 radical (unpaired) electrons. The molecule has 0 bridgehead atoms. The Hall–Kier alpha value is -2.95. The minimum absolute atomic E-state index is 0.0924. The summed E-state index contributed by atoms with van der Waals surface area (Å²) in [5.74, 6) is -1.63. The first-order valence-electron chi connectivity index (χ1n) is 7.80. The van der Waals surface area contributed by atoms with Crippen molar-refractivity contribution in [3.05, 3.63) is 71.3 Å². The van der Waals surface area contributed by atoms with Crippen molar-refractivity contribution in [2.75, 3.05) is 0 Å². The number of carboxylic acids is 1. The number of nitrogens with zero attached hydrogens (tertiary/aromatic N) is 1. The normalized spacial score (nSPS) is 14.6. The van der Waals surface area contributed by atoms with Crippen molar-refractivity contribution < 1.29 is 19.5 Å². The Kier molecular flexibility index (Phi) is 4.42. The van der Waals surface area contributed by atoms with Crippen LogP contribution in [-0.4, -0.2) is 33.8 Å². The fourth-order valence-electron chi connectivity index (χ4n) is 3.04. The topological polar surface area (TPSA) is 74.7 Å². The van der Waals surface area contributed by atoms with Crippen molar-refractivity contribution in [2.45, 2.75) is 25.3 Å². The van der Waals surface area contributed by atoms with Crippen LogP contribution >= 0.6 is 0 Å². The molecule has 1 heterocycles. The molecule has 0 saturated heterocycles. The van der Waals surface area contributed by atoms with Crippen LogP contribution in [0.5, 0.6) is 0 Å². The van der Waals surface area contributed by atoms with Crippen LogP contribution in [0, 0.1) is 0 Å². The van der Waals surface area contributed by atoms with E-state index >= 15 is 0 Å². The van der Waals surface area contributed by atoms with Gasteiger partial charge in [-0.15, -0.1) is 0 Å². The molecule has 2 aromatic carbocycles. The van der Waals surface area contributed by atoms with E-state index in [1.54, 1.807) is 24.3 Å². The third kappa shape index (κ3) is 3.06. The lowest BCUT2D eigenvalue weighted by Crippen LogP contribution is -2.41. The first kappa shape index (κ1) is 15.9. The molecule has 1 aliphatic heterocycles. The van der Waals surface area contributed by atoms with Crippen LogP contribution in [0.2, 0.25) is 0 Å². The zero-order valence-corrected chi connectivity index (χ0v) is 13.0. The lowest BCUT2D eigenvalue weighted by atomic mass is 10.00. The van der Waals surface area contributed by atoms with Crippen molar-refractivity contribution in [1.82, 2.24) is 4.90 Å². The number of hydrogen-bond acceptors (Lipinski definition) is 3. The van der Waals surface area contributed by atoms with Gasteiger partial charge in [-0.1, -0.05) is 42.5 Å². The SMILES string of the molecule is O=C(O)CCC(Cc1ccccc1)N1C(=O)c2ccccc2C1=O. The Morgan fingerprint density at radius 1 is 0.917 bits per heavy atom. The molecule has 1 atom stereocenters.